The van der Waals surface area contributed by atoms with Gasteiger partial charge in [0.1, 0.15) is 0 Å². The van der Waals surface area contributed by atoms with Crippen molar-refractivity contribution in [1.82, 2.24) is 14.8 Å². The van der Waals surface area contributed by atoms with Gasteiger partial charge in [0.25, 0.3) is 0 Å². The van der Waals surface area contributed by atoms with E-state index in [0.29, 0.717) is 23.5 Å². The molecule has 0 spiro atoms. The number of fused-ring (bicyclic) bond motifs is 1. The van der Waals surface area contributed by atoms with E-state index in [1.165, 1.54) is 5.56 Å². The Balaban J connectivity index is 2.02. The van der Waals surface area contributed by atoms with Crippen molar-refractivity contribution in [3.63, 3.8) is 0 Å². The number of hydrogen-bond acceptors (Lipinski definition) is 4. The van der Waals surface area contributed by atoms with Crippen LogP contribution in [-0.4, -0.2) is 27.3 Å². The third kappa shape index (κ3) is 3.51. The van der Waals surface area contributed by atoms with Gasteiger partial charge in [0.15, 0.2) is 5.65 Å². The monoisotopic (exact) mass is 385 g/mol. The molecule has 5 nitrogen and oxygen atoms in total. The van der Waals surface area contributed by atoms with Gasteiger partial charge in [0, 0.05) is 5.56 Å². The minimum atomic E-state index is -0.361. The number of rotatable bonds is 4. The summed E-state index contributed by atoms with van der Waals surface area (Å²) in [6, 6.07) is 18.0. The summed E-state index contributed by atoms with van der Waals surface area (Å²) in [5.41, 5.74) is 6.74. The largest absolute Gasteiger partial charge is 0.462 e. The number of nitrogens with zero attached hydrogens (tertiary/aromatic N) is 3. The van der Waals surface area contributed by atoms with E-state index >= 15 is 0 Å². The van der Waals surface area contributed by atoms with E-state index in [-0.39, 0.29) is 5.97 Å². The second-order valence-corrected chi connectivity index (χ2v) is 7.18. The van der Waals surface area contributed by atoms with E-state index in [9.17, 15) is 4.79 Å². The van der Waals surface area contributed by atoms with E-state index in [1.54, 1.807) is 17.7 Å². The Bertz CT molecular complexity index is 1210. The molecule has 2 aromatic heterocycles. The van der Waals surface area contributed by atoms with Crippen molar-refractivity contribution in [3.05, 3.63) is 77.0 Å². The first-order chi connectivity index (χ1) is 14.0. The fourth-order valence-electron chi connectivity index (χ4n) is 3.47. The summed E-state index contributed by atoms with van der Waals surface area (Å²) >= 11 is 0. The van der Waals surface area contributed by atoms with E-state index in [2.05, 4.69) is 6.07 Å². The van der Waals surface area contributed by atoms with Crippen LogP contribution in [0.4, 0.5) is 0 Å². The number of ether oxygens (including phenoxy) is 1. The van der Waals surface area contributed by atoms with Gasteiger partial charge in [-0.25, -0.2) is 14.5 Å². The molecule has 2 aromatic carbocycles. The first-order valence-corrected chi connectivity index (χ1v) is 9.69. The van der Waals surface area contributed by atoms with Crippen LogP contribution in [-0.2, 0) is 4.74 Å². The Labute approximate surface area is 170 Å². The molecule has 0 aliphatic carbocycles. The van der Waals surface area contributed by atoms with Gasteiger partial charge in [-0.3, -0.25) is 0 Å². The minimum absolute atomic E-state index is 0.313. The number of benzene rings is 2. The summed E-state index contributed by atoms with van der Waals surface area (Å²) in [7, 11) is 0. The maximum Gasteiger partial charge on any atom is 0.339 e. The highest BCUT2D eigenvalue weighted by Crippen LogP contribution is 2.29. The summed E-state index contributed by atoms with van der Waals surface area (Å²) in [6.07, 6.45) is 0. The standard InChI is InChI=1S/C24H23N3O2/c1-5-29-24(28)20-14-21(18-11-9-15(2)10-12-18)25-23-22(20)17(4)26-27(23)19-8-6-7-16(3)13-19/h6-14H,5H2,1-4H3. The van der Waals surface area contributed by atoms with Gasteiger partial charge in [-0.2, -0.15) is 5.10 Å². The first kappa shape index (κ1) is 18.9. The molecule has 0 saturated heterocycles. The molecule has 0 unspecified atom stereocenters. The Hall–Kier alpha value is -3.47. The molecule has 146 valence electrons. The number of carbonyl (C=O) groups is 1. The van der Waals surface area contributed by atoms with Crippen LogP contribution in [0, 0.1) is 20.8 Å². The Morgan fingerprint density at radius 2 is 1.76 bits per heavy atom. The van der Waals surface area contributed by atoms with E-state index < -0.39 is 0 Å². The van der Waals surface area contributed by atoms with Crippen LogP contribution in [0.15, 0.2) is 54.6 Å². The highest BCUT2D eigenvalue weighted by atomic mass is 16.5. The molecule has 0 radical (unpaired) electrons. The summed E-state index contributed by atoms with van der Waals surface area (Å²) in [5.74, 6) is -0.361. The lowest BCUT2D eigenvalue weighted by atomic mass is 10.0. The predicted molar refractivity (Wildman–Crippen MR) is 114 cm³/mol. The van der Waals surface area contributed by atoms with Crippen LogP contribution in [0.25, 0.3) is 28.0 Å². The molecule has 0 atom stereocenters. The number of aryl methyl sites for hydroxylation is 3. The predicted octanol–water partition coefficient (Wildman–Crippen LogP) is 5.19. The molecule has 5 heteroatoms. The summed E-state index contributed by atoms with van der Waals surface area (Å²) in [6.45, 7) is 8.09. The lowest BCUT2D eigenvalue weighted by Gasteiger charge is -2.09. The molecular weight excluding hydrogens is 362 g/mol. The van der Waals surface area contributed by atoms with Crippen molar-refractivity contribution in [3.8, 4) is 16.9 Å². The first-order valence-electron chi connectivity index (χ1n) is 9.69. The quantitative estimate of drug-likeness (QED) is 0.454. The molecule has 0 aliphatic rings. The lowest BCUT2D eigenvalue weighted by molar-refractivity contribution is 0.0528. The van der Waals surface area contributed by atoms with Gasteiger partial charge < -0.3 is 4.74 Å². The molecule has 0 amide bonds. The molecule has 0 aliphatic heterocycles. The second kappa shape index (κ2) is 7.51. The summed E-state index contributed by atoms with van der Waals surface area (Å²) < 4.78 is 7.14. The van der Waals surface area contributed by atoms with Crippen LogP contribution >= 0.6 is 0 Å². The van der Waals surface area contributed by atoms with Crippen LogP contribution in [0.5, 0.6) is 0 Å². The highest BCUT2D eigenvalue weighted by Gasteiger charge is 2.21. The molecule has 29 heavy (non-hydrogen) atoms. The molecular formula is C24H23N3O2. The average molecular weight is 385 g/mol. The summed E-state index contributed by atoms with van der Waals surface area (Å²) in [5, 5.41) is 5.42. The van der Waals surface area contributed by atoms with Crippen LogP contribution in [0.3, 0.4) is 0 Å². The van der Waals surface area contributed by atoms with Crippen molar-refractivity contribution < 1.29 is 9.53 Å². The fraction of sp³-hybridized carbons (Fsp3) is 0.208. The number of esters is 1. The maximum atomic E-state index is 12.8. The van der Waals surface area contributed by atoms with E-state index in [0.717, 1.165) is 27.9 Å². The van der Waals surface area contributed by atoms with Crippen LogP contribution < -0.4 is 0 Å². The van der Waals surface area contributed by atoms with Crippen LogP contribution in [0.1, 0.15) is 34.1 Å². The van der Waals surface area contributed by atoms with Crippen LogP contribution in [0.2, 0.25) is 0 Å². The fourth-order valence-corrected chi connectivity index (χ4v) is 3.47. The zero-order valence-corrected chi connectivity index (χ0v) is 17.1. The van der Waals surface area contributed by atoms with E-state index in [4.69, 9.17) is 14.8 Å². The van der Waals surface area contributed by atoms with E-state index in [1.807, 2.05) is 63.2 Å². The maximum absolute atomic E-state index is 12.8. The normalized spacial score (nSPS) is 11.0. The van der Waals surface area contributed by atoms with Gasteiger partial charge in [0.2, 0.25) is 0 Å². The molecule has 0 N–H and O–H groups in total. The smallest absolute Gasteiger partial charge is 0.339 e. The van der Waals surface area contributed by atoms with Crippen molar-refractivity contribution >= 4 is 17.0 Å². The minimum Gasteiger partial charge on any atom is -0.462 e. The molecule has 0 saturated carbocycles. The Kier molecular flexibility index (Phi) is 4.89. The number of hydrogen-bond donors (Lipinski definition) is 0. The van der Waals surface area contributed by atoms with Gasteiger partial charge in [-0.05, 0) is 51.5 Å². The van der Waals surface area contributed by atoms with Crippen molar-refractivity contribution in [2.75, 3.05) is 6.61 Å². The van der Waals surface area contributed by atoms with Gasteiger partial charge in [-0.1, -0.05) is 42.0 Å². The Morgan fingerprint density at radius 1 is 1.00 bits per heavy atom. The molecule has 4 rings (SSSR count). The average Bonchev–Trinajstić information content (AvgIpc) is 3.05. The zero-order chi connectivity index (χ0) is 20.5. The van der Waals surface area contributed by atoms with Gasteiger partial charge in [0.05, 0.1) is 34.6 Å². The Morgan fingerprint density at radius 3 is 2.45 bits per heavy atom. The third-order valence-electron chi connectivity index (χ3n) is 4.90. The number of pyridine rings is 1. The molecule has 0 bridgehead atoms. The number of carbonyl (C=O) groups excluding carboxylic acids is 1. The molecule has 4 aromatic rings. The second-order valence-electron chi connectivity index (χ2n) is 7.18. The van der Waals surface area contributed by atoms with Crippen molar-refractivity contribution in [2.24, 2.45) is 0 Å². The third-order valence-corrected chi connectivity index (χ3v) is 4.90. The SMILES string of the molecule is CCOC(=O)c1cc(-c2ccc(C)cc2)nc2c1c(C)nn2-c1cccc(C)c1. The molecule has 0 fully saturated rings. The van der Waals surface area contributed by atoms with Gasteiger partial charge in [-0.15, -0.1) is 0 Å². The molecule has 2 heterocycles. The van der Waals surface area contributed by atoms with Gasteiger partial charge >= 0.3 is 5.97 Å². The topological polar surface area (TPSA) is 57.0 Å². The summed E-state index contributed by atoms with van der Waals surface area (Å²) in [4.78, 5) is 17.7. The number of aromatic nitrogens is 3. The lowest BCUT2D eigenvalue weighted by Crippen LogP contribution is -2.07. The zero-order valence-electron chi connectivity index (χ0n) is 17.1. The van der Waals surface area contributed by atoms with Crippen molar-refractivity contribution in [1.29, 1.82) is 0 Å². The highest BCUT2D eigenvalue weighted by molar-refractivity contribution is 6.05. The van der Waals surface area contributed by atoms with Crippen molar-refractivity contribution in [2.45, 2.75) is 27.7 Å².